The normalized spacial score (nSPS) is 19.6. The van der Waals surface area contributed by atoms with Crippen LogP contribution in [0.3, 0.4) is 0 Å². The highest BCUT2D eigenvalue weighted by atomic mass is 19.3. The predicted molar refractivity (Wildman–Crippen MR) is 125 cm³/mol. The molecular formula is C23H31F2N7O4. The van der Waals surface area contributed by atoms with Crippen molar-refractivity contribution in [1.82, 2.24) is 29.9 Å². The van der Waals surface area contributed by atoms with Crippen LogP contribution in [0.4, 0.5) is 19.4 Å². The van der Waals surface area contributed by atoms with Gasteiger partial charge in [-0.1, -0.05) is 12.1 Å². The Morgan fingerprint density at radius 1 is 1.33 bits per heavy atom. The molecule has 1 aliphatic carbocycles. The zero-order chi connectivity index (χ0) is 26.0. The number of rotatable bonds is 8. The molecule has 1 unspecified atom stereocenters. The summed E-state index contributed by atoms with van der Waals surface area (Å²) in [6.07, 6.45) is 2.65. The first-order valence-corrected chi connectivity index (χ1v) is 12.1. The number of hydrogen-bond acceptors (Lipinski definition) is 8. The van der Waals surface area contributed by atoms with Gasteiger partial charge in [-0.15, -0.1) is 5.10 Å². The number of halogens is 2. The fraction of sp³-hybridized carbons (Fsp3) is 0.652. The summed E-state index contributed by atoms with van der Waals surface area (Å²) < 4.78 is 33.2. The highest BCUT2D eigenvalue weighted by molar-refractivity contribution is 5.68. The van der Waals surface area contributed by atoms with Crippen molar-refractivity contribution >= 4 is 17.9 Å². The topological polar surface area (TPSA) is 127 Å². The van der Waals surface area contributed by atoms with E-state index in [1.807, 2.05) is 6.92 Å². The number of hydrogen-bond donors (Lipinski definition) is 1. The van der Waals surface area contributed by atoms with E-state index in [0.29, 0.717) is 30.0 Å². The van der Waals surface area contributed by atoms with Crippen molar-refractivity contribution in [3.05, 3.63) is 17.6 Å². The fourth-order valence-corrected chi connectivity index (χ4v) is 4.73. The van der Waals surface area contributed by atoms with Crippen molar-refractivity contribution in [2.24, 2.45) is 13.0 Å². The van der Waals surface area contributed by atoms with Crippen LogP contribution < -0.4 is 4.90 Å². The maximum atomic E-state index is 13.2. The van der Waals surface area contributed by atoms with E-state index in [4.69, 9.17) is 14.8 Å². The Balaban J connectivity index is 1.47. The summed E-state index contributed by atoms with van der Waals surface area (Å²) in [6, 6.07) is -0.549. The molecule has 3 heterocycles. The van der Waals surface area contributed by atoms with Crippen LogP contribution in [0.1, 0.15) is 50.4 Å². The average Bonchev–Trinajstić information content (AvgIpc) is 3.19. The summed E-state index contributed by atoms with van der Waals surface area (Å²) in [5, 5.41) is 17.4. The van der Waals surface area contributed by atoms with Crippen LogP contribution >= 0.6 is 0 Å². The molecule has 2 aromatic rings. The first-order valence-electron chi connectivity index (χ1n) is 12.1. The molecule has 1 atom stereocenters. The Morgan fingerprint density at radius 3 is 2.75 bits per heavy atom. The molecule has 1 N–H and O–H groups in total. The van der Waals surface area contributed by atoms with Crippen LogP contribution in [0.2, 0.25) is 0 Å². The Hall–Kier alpha value is -3.38. The predicted octanol–water partition coefficient (Wildman–Crippen LogP) is 2.89. The summed E-state index contributed by atoms with van der Waals surface area (Å²) in [4.78, 5) is 36.2. The van der Waals surface area contributed by atoms with E-state index in [0.717, 1.165) is 30.9 Å². The highest BCUT2D eigenvalue weighted by Crippen LogP contribution is 2.40. The summed E-state index contributed by atoms with van der Waals surface area (Å²) in [5.74, 6) is -2.74. The number of carboxylic acids is 1. The van der Waals surface area contributed by atoms with Crippen molar-refractivity contribution in [2.75, 3.05) is 25.0 Å². The Bertz CT molecular complexity index is 1120. The number of aryl methyl sites for hydroxylation is 2. The van der Waals surface area contributed by atoms with Crippen molar-refractivity contribution in [3.8, 4) is 11.4 Å². The smallest absolute Gasteiger partial charge is 0.410 e. The molecule has 1 saturated heterocycles. The number of ether oxygens (including phenoxy) is 1. The van der Waals surface area contributed by atoms with Crippen LogP contribution in [0.25, 0.3) is 11.4 Å². The molecule has 1 saturated carbocycles. The second kappa shape index (κ2) is 10.3. The first-order chi connectivity index (χ1) is 17.1. The van der Waals surface area contributed by atoms with Crippen molar-refractivity contribution in [1.29, 1.82) is 0 Å². The number of anilines is 1. The van der Waals surface area contributed by atoms with Gasteiger partial charge in [0.15, 0.2) is 0 Å². The molecule has 2 aliphatic rings. The van der Waals surface area contributed by atoms with Crippen LogP contribution in [0, 0.1) is 5.92 Å². The molecule has 2 fully saturated rings. The van der Waals surface area contributed by atoms with E-state index in [-0.39, 0.29) is 31.8 Å². The van der Waals surface area contributed by atoms with E-state index in [1.165, 1.54) is 16.6 Å². The van der Waals surface area contributed by atoms with E-state index < -0.39 is 24.0 Å². The van der Waals surface area contributed by atoms with Gasteiger partial charge in [-0.3, -0.25) is 4.79 Å². The van der Waals surface area contributed by atoms with Crippen molar-refractivity contribution in [3.63, 3.8) is 0 Å². The second-order valence-electron chi connectivity index (χ2n) is 9.52. The second-order valence-corrected chi connectivity index (χ2v) is 9.52. The monoisotopic (exact) mass is 507 g/mol. The summed E-state index contributed by atoms with van der Waals surface area (Å²) in [5.41, 5.74) is 2.14. The van der Waals surface area contributed by atoms with Gasteiger partial charge >= 0.3 is 12.1 Å². The molecule has 4 rings (SSSR count). The van der Waals surface area contributed by atoms with Gasteiger partial charge in [-0.05, 0) is 25.2 Å². The molecule has 1 aliphatic heterocycles. The lowest BCUT2D eigenvalue weighted by molar-refractivity contribution is -0.138. The molecule has 0 aromatic carbocycles. The minimum atomic E-state index is -2.73. The summed E-state index contributed by atoms with van der Waals surface area (Å²) in [6.45, 7) is 3.21. The Labute approximate surface area is 207 Å². The number of amides is 1. The molecule has 2 aromatic heterocycles. The number of piperidine rings is 1. The number of nitrogens with zero attached hydrogens (tertiary/aromatic N) is 7. The summed E-state index contributed by atoms with van der Waals surface area (Å²) in [7, 11) is 3.11. The van der Waals surface area contributed by atoms with Gasteiger partial charge in [0.05, 0.1) is 11.9 Å². The van der Waals surface area contributed by atoms with Gasteiger partial charge in [-0.2, -0.15) is 0 Å². The van der Waals surface area contributed by atoms with Crippen molar-refractivity contribution < 1.29 is 28.2 Å². The number of alkyl halides is 2. The summed E-state index contributed by atoms with van der Waals surface area (Å²) >= 11 is 0. The quantitative estimate of drug-likeness (QED) is 0.574. The molecule has 0 bridgehead atoms. The van der Waals surface area contributed by atoms with E-state index in [9.17, 15) is 18.4 Å². The third kappa shape index (κ3) is 5.54. The minimum Gasteiger partial charge on any atom is -0.481 e. The zero-order valence-corrected chi connectivity index (χ0v) is 20.7. The molecule has 1 amide bonds. The van der Waals surface area contributed by atoms with Gasteiger partial charge in [0.25, 0.3) is 5.92 Å². The maximum absolute atomic E-state index is 13.2. The van der Waals surface area contributed by atoms with Gasteiger partial charge in [-0.25, -0.2) is 28.2 Å². The maximum Gasteiger partial charge on any atom is 0.410 e. The molecule has 13 heteroatoms. The van der Waals surface area contributed by atoms with Crippen molar-refractivity contribution in [2.45, 2.75) is 64.0 Å². The molecule has 0 spiro atoms. The van der Waals surface area contributed by atoms with Gasteiger partial charge in [0, 0.05) is 52.5 Å². The third-order valence-electron chi connectivity index (χ3n) is 6.86. The molecular weight excluding hydrogens is 476 g/mol. The SMILES string of the molecule is CCc1nc(-c2nnn(C)c2COC(=O)N(C)C2CC(F)(F)C2)cnc1N1CCCC(CC(=O)O)C1. The van der Waals surface area contributed by atoms with E-state index in [2.05, 4.69) is 20.2 Å². The molecule has 11 nitrogen and oxygen atoms in total. The lowest BCUT2D eigenvalue weighted by Gasteiger charge is -2.40. The number of aromatic nitrogens is 5. The van der Waals surface area contributed by atoms with Gasteiger partial charge in [0.1, 0.15) is 29.5 Å². The number of carboxylic acid groups (broad SMARTS) is 1. The van der Waals surface area contributed by atoms with Crippen LogP contribution in [0.5, 0.6) is 0 Å². The van der Waals surface area contributed by atoms with Gasteiger partial charge in [0.2, 0.25) is 0 Å². The average molecular weight is 508 g/mol. The Morgan fingerprint density at radius 2 is 2.08 bits per heavy atom. The molecule has 196 valence electrons. The first kappa shape index (κ1) is 25.7. The van der Waals surface area contributed by atoms with Crippen LogP contribution in [-0.4, -0.2) is 79.1 Å². The number of aliphatic carboxylic acids is 1. The standard InChI is InChI=1S/C23H31F2N7O4/c1-4-16-21(32-7-5-6-14(12-32)8-19(33)34)26-11-17(27-16)20-18(31(3)29-28-20)13-36-22(35)30(2)15-9-23(24,25)10-15/h11,14-15H,4-10,12-13H2,1-3H3,(H,33,34). The zero-order valence-electron chi connectivity index (χ0n) is 20.7. The fourth-order valence-electron chi connectivity index (χ4n) is 4.73. The lowest BCUT2D eigenvalue weighted by atomic mass is 9.87. The minimum absolute atomic E-state index is 0.0630. The van der Waals surface area contributed by atoms with Gasteiger partial charge < -0.3 is 19.6 Å². The Kier molecular flexibility index (Phi) is 7.36. The highest BCUT2D eigenvalue weighted by Gasteiger charge is 2.48. The van der Waals surface area contributed by atoms with Crippen LogP contribution in [-0.2, 0) is 29.6 Å². The van der Waals surface area contributed by atoms with Crippen LogP contribution in [0.15, 0.2) is 6.20 Å². The third-order valence-corrected chi connectivity index (χ3v) is 6.86. The number of carbonyl (C=O) groups is 2. The van der Waals surface area contributed by atoms with E-state index >= 15 is 0 Å². The number of carbonyl (C=O) groups excluding carboxylic acids is 1. The largest absolute Gasteiger partial charge is 0.481 e. The molecule has 36 heavy (non-hydrogen) atoms. The lowest BCUT2D eigenvalue weighted by Crippen LogP contribution is -2.51. The molecule has 0 radical (unpaired) electrons. The van der Waals surface area contributed by atoms with E-state index in [1.54, 1.807) is 13.2 Å².